The van der Waals surface area contributed by atoms with E-state index in [1.54, 1.807) is 17.2 Å². The number of anilines is 4. The molecular formula is C33H39N11O2. The first-order valence-corrected chi connectivity index (χ1v) is 15.9. The number of carbonyl (C=O) groups excluding carboxylic acids is 1. The first kappa shape index (κ1) is 29.7. The monoisotopic (exact) mass is 621 g/mol. The largest absolute Gasteiger partial charge is 0.473 e. The molecule has 0 bridgehead atoms. The molecule has 7 rings (SSSR count). The van der Waals surface area contributed by atoms with E-state index >= 15 is 0 Å². The maximum absolute atomic E-state index is 13.2. The van der Waals surface area contributed by atoms with Gasteiger partial charge in [0.25, 0.3) is 0 Å². The lowest BCUT2D eigenvalue weighted by atomic mass is 10.1. The molecule has 2 saturated heterocycles. The van der Waals surface area contributed by atoms with Gasteiger partial charge in [-0.1, -0.05) is 12.1 Å². The first-order valence-electron chi connectivity index (χ1n) is 15.9. The number of carbonyl (C=O) groups is 1. The number of aryl methyl sites for hydroxylation is 3. The van der Waals surface area contributed by atoms with Crippen molar-refractivity contribution in [1.29, 1.82) is 0 Å². The summed E-state index contributed by atoms with van der Waals surface area (Å²) in [5.74, 6) is 2.59. The van der Waals surface area contributed by atoms with Crippen LogP contribution in [0, 0.1) is 13.8 Å². The highest BCUT2D eigenvalue weighted by Gasteiger charge is 2.27. The Morgan fingerprint density at radius 2 is 1.96 bits per heavy atom. The minimum absolute atomic E-state index is 0.0246. The van der Waals surface area contributed by atoms with Gasteiger partial charge in [-0.25, -0.2) is 19.9 Å². The second kappa shape index (κ2) is 12.8. The molecule has 2 aliphatic heterocycles. The summed E-state index contributed by atoms with van der Waals surface area (Å²) in [4.78, 5) is 39.1. The van der Waals surface area contributed by atoms with Crippen molar-refractivity contribution >= 4 is 40.1 Å². The van der Waals surface area contributed by atoms with Crippen molar-refractivity contribution < 1.29 is 9.53 Å². The van der Waals surface area contributed by atoms with Gasteiger partial charge in [-0.15, -0.1) is 0 Å². The molecule has 0 spiro atoms. The van der Waals surface area contributed by atoms with E-state index in [0.29, 0.717) is 24.2 Å². The van der Waals surface area contributed by atoms with E-state index in [4.69, 9.17) is 9.72 Å². The smallest absolute Gasteiger partial charge is 0.238 e. The van der Waals surface area contributed by atoms with Crippen LogP contribution >= 0.6 is 0 Å². The van der Waals surface area contributed by atoms with Gasteiger partial charge in [0, 0.05) is 74.4 Å². The molecule has 5 aromatic rings. The van der Waals surface area contributed by atoms with Crippen LogP contribution in [-0.2, 0) is 11.8 Å². The van der Waals surface area contributed by atoms with Gasteiger partial charge in [0.1, 0.15) is 18.2 Å². The van der Waals surface area contributed by atoms with E-state index in [1.165, 1.54) is 19.3 Å². The number of aromatic nitrogens is 7. The van der Waals surface area contributed by atoms with Gasteiger partial charge in [-0.3, -0.25) is 14.4 Å². The number of H-pyrrole nitrogens is 1. The quantitative estimate of drug-likeness (QED) is 0.214. The van der Waals surface area contributed by atoms with E-state index in [2.05, 4.69) is 45.5 Å². The summed E-state index contributed by atoms with van der Waals surface area (Å²) in [5.41, 5.74) is 5.26. The molecule has 0 aliphatic carbocycles. The third kappa shape index (κ3) is 6.36. The van der Waals surface area contributed by atoms with Crippen LogP contribution in [0.1, 0.15) is 36.9 Å². The summed E-state index contributed by atoms with van der Waals surface area (Å²) in [5, 5.41) is 11.7. The zero-order valence-electron chi connectivity index (χ0n) is 26.5. The molecule has 1 amide bonds. The minimum Gasteiger partial charge on any atom is -0.473 e. The molecular weight excluding hydrogens is 582 g/mol. The molecule has 0 unspecified atom stereocenters. The van der Waals surface area contributed by atoms with E-state index < -0.39 is 0 Å². The normalized spacial score (nSPS) is 17.0. The molecule has 0 radical (unpaired) electrons. The topological polar surface area (TPSA) is 142 Å². The number of hydrogen-bond acceptors (Lipinski definition) is 10. The predicted octanol–water partition coefficient (Wildman–Crippen LogP) is 4.59. The van der Waals surface area contributed by atoms with Crippen LogP contribution < -0.4 is 20.3 Å². The number of benzene rings is 1. The number of nitrogens with zero attached hydrogens (tertiary/aromatic N) is 8. The number of rotatable bonds is 9. The molecule has 2 aliphatic rings. The van der Waals surface area contributed by atoms with Crippen LogP contribution in [0.25, 0.3) is 22.2 Å². The highest BCUT2D eigenvalue weighted by molar-refractivity contribution is 6.06. The Hall–Kier alpha value is -5.04. The van der Waals surface area contributed by atoms with Crippen LogP contribution in [0.15, 0.2) is 49.1 Å². The first-order chi connectivity index (χ1) is 22.4. The third-order valence-corrected chi connectivity index (χ3v) is 8.76. The standard InChI is InChI=1S/C33H39N11O2/c1-21-16-35-33(39-27-14-22(2)42(3)41-27)40-31(21)25-17-34-32-24(25)8-7-9-26(32)38-29(45)19-43-13-10-23(18-43)46-30-15-28(36-20-37-30)44-11-5-4-6-12-44/h7-9,14-17,20,23,34H,4-6,10-13,18-19H2,1-3H3,(H,38,45)(H,35,39,40,41)/t23-/m0/s1. The molecule has 13 heteroatoms. The second-order valence-electron chi connectivity index (χ2n) is 12.1. The van der Waals surface area contributed by atoms with Crippen LogP contribution in [-0.4, -0.2) is 84.3 Å². The Labute approximate surface area is 267 Å². The molecule has 6 heterocycles. The van der Waals surface area contributed by atoms with Gasteiger partial charge in [0.15, 0.2) is 5.82 Å². The highest BCUT2D eigenvalue weighted by Crippen LogP contribution is 2.33. The Morgan fingerprint density at radius 3 is 2.78 bits per heavy atom. The van der Waals surface area contributed by atoms with Crippen LogP contribution in [0.5, 0.6) is 5.88 Å². The molecule has 2 fully saturated rings. The lowest BCUT2D eigenvalue weighted by Crippen LogP contribution is -2.33. The maximum Gasteiger partial charge on any atom is 0.238 e. The van der Waals surface area contributed by atoms with Crippen molar-refractivity contribution in [3.8, 4) is 17.1 Å². The zero-order chi connectivity index (χ0) is 31.6. The third-order valence-electron chi connectivity index (χ3n) is 8.76. The van der Waals surface area contributed by atoms with Gasteiger partial charge >= 0.3 is 0 Å². The SMILES string of the molecule is Cc1cnc(Nc2cc(C)n(C)n2)nc1-c1c[nH]c2c(NC(=O)CN3CC[C@H](Oc4cc(N5CCCCC5)ncn4)C3)cccc12. The van der Waals surface area contributed by atoms with Gasteiger partial charge < -0.3 is 25.3 Å². The lowest BCUT2D eigenvalue weighted by molar-refractivity contribution is -0.117. The van der Waals surface area contributed by atoms with Crippen molar-refractivity contribution in [2.75, 3.05) is 48.3 Å². The van der Waals surface area contributed by atoms with Gasteiger partial charge in [0.05, 0.1) is 23.4 Å². The fourth-order valence-corrected chi connectivity index (χ4v) is 6.26. The number of aromatic amines is 1. The number of nitrogens with one attached hydrogen (secondary N) is 3. The average Bonchev–Trinajstić information content (AvgIpc) is 3.77. The molecule has 3 N–H and O–H groups in total. The summed E-state index contributed by atoms with van der Waals surface area (Å²) >= 11 is 0. The van der Waals surface area contributed by atoms with Crippen molar-refractivity contribution in [3.05, 3.63) is 60.3 Å². The van der Waals surface area contributed by atoms with E-state index in [9.17, 15) is 4.79 Å². The summed E-state index contributed by atoms with van der Waals surface area (Å²) in [6, 6.07) is 9.77. The average molecular weight is 622 g/mol. The van der Waals surface area contributed by atoms with Crippen LogP contribution in [0.3, 0.4) is 0 Å². The number of ether oxygens (including phenoxy) is 1. The summed E-state index contributed by atoms with van der Waals surface area (Å²) in [6.07, 6.45) is 9.76. The molecule has 1 aromatic carbocycles. The number of piperidine rings is 1. The number of hydrogen-bond donors (Lipinski definition) is 3. The summed E-state index contributed by atoms with van der Waals surface area (Å²) in [6.45, 7) is 7.73. The van der Waals surface area contributed by atoms with Gasteiger partial charge in [0.2, 0.25) is 17.7 Å². The van der Waals surface area contributed by atoms with Crippen molar-refractivity contribution in [3.63, 3.8) is 0 Å². The Morgan fingerprint density at radius 1 is 1.09 bits per heavy atom. The van der Waals surface area contributed by atoms with Crippen LogP contribution in [0.4, 0.5) is 23.3 Å². The maximum atomic E-state index is 13.2. The minimum atomic E-state index is -0.0749. The van der Waals surface area contributed by atoms with Crippen molar-refractivity contribution in [2.24, 2.45) is 7.05 Å². The van der Waals surface area contributed by atoms with E-state index in [-0.39, 0.29) is 18.6 Å². The summed E-state index contributed by atoms with van der Waals surface area (Å²) in [7, 11) is 1.90. The fraction of sp³-hybridized carbons (Fsp3) is 0.394. The number of likely N-dealkylation sites (tertiary alicyclic amines) is 1. The van der Waals surface area contributed by atoms with E-state index in [1.807, 2.05) is 57.4 Å². The highest BCUT2D eigenvalue weighted by atomic mass is 16.5. The number of fused-ring (bicyclic) bond motifs is 1. The Bertz CT molecular complexity index is 1840. The predicted molar refractivity (Wildman–Crippen MR) is 177 cm³/mol. The molecule has 1 atom stereocenters. The molecule has 46 heavy (non-hydrogen) atoms. The summed E-state index contributed by atoms with van der Waals surface area (Å²) < 4.78 is 8.02. The molecule has 13 nitrogen and oxygen atoms in total. The molecule has 4 aromatic heterocycles. The molecule has 238 valence electrons. The van der Waals surface area contributed by atoms with E-state index in [0.717, 1.165) is 71.0 Å². The zero-order valence-corrected chi connectivity index (χ0v) is 26.5. The van der Waals surface area contributed by atoms with Crippen molar-refractivity contribution in [2.45, 2.75) is 45.6 Å². The van der Waals surface area contributed by atoms with Gasteiger partial charge in [-0.05, 0) is 51.2 Å². The van der Waals surface area contributed by atoms with Crippen LogP contribution in [0.2, 0.25) is 0 Å². The Balaban J connectivity index is 0.991. The Kier molecular flexibility index (Phi) is 8.22. The second-order valence-corrected chi connectivity index (χ2v) is 12.1. The molecule has 0 saturated carbocycles. The number of para-hydroxylation sites is 1. The number of amides is 1. The fourth-order valence-electron chi connectivity index (χ4n) is 6.26. The van der Waals surface area contributed by atoms with Crippen molar-refractivity contribution in [1.82, 2.24) is 39.6 Å². The van der Waals surface area contributed by atoms with Gasteiger partial charge in [-0.2, -0.15) is 5.10 Å². The lowest BCUT2D eigenvalue weighted by Gasteiger charge is -2.27.